The monoisotopic (exact) mass is 321 g/mol. The first kappa shape index (κ1) is 19.0. The van der Waals surface area contributed by atoms with Gasteiger partial charge >= 0.3 is 5.97 Å². The van der Waals surface area contributed by atoms with E-state index in [9.17, 15) is 9.59 Å². The number of aryl methyl sites for hydroxylation is 1. The Bertz CT molecular complexity index is 573. The molecule has 0 fully saturated rings. The van der Waals surface area contributed by atoms with Gasteiger partial charge in [-0.25, -0.2) is 4.79 Å². The molecule has 0 saturated carbocycles. The number of carboxylic acids is 1. The van der Waals surface area contributed by atoms with Crippen molar-refractivity contribution in [2.24, 2.45) is 5.92 Å². The minimum absolute atomic E-state index is 0.110. The molecule has 0 aliphatic rings. The Hall–Kier alpha value is -2.04. The number of carbonyl (C=O) groups is 2. The van der Waals surface area contributed by atoms with Crippen LogP contribution >= 0.6 is 0 Å². The van der Waals surface area contributed by atoms with Crippen molar-refractivity contribution in [3.63, 3.8) is 0 Å². The maximum absolute atomic E-state index is 12.0. The normalized spacial score (nSPS) is 12.8. The Morgan fingerprint density at radius 2 is 1.87 bits per heavy atom. The molecule has 1 aromatic carbocycles. The lowest BCUT2D eigenvalue weighted by atomic mass is 9.86. The Balaban J connectivity index is 2.80. The summed E-state index contributed by atoms with van der Waals surface area (Å²) in [6, 6.07) is 4.99. The van der Waals surface area contributed by atoms with Crippen LogP contribution in [0, 0.1) is 12.8 Å². The predicted octanol–water partition coefficient (Wildman–Crippen LogP) is 2.90. The SMILES string of the molecule is Cc1ccc(C(C)(C)C)c(OCC(=O)N[C@@H](C(=O)O)C(C)C)c1. The number of hydrogen-bond donors (Lipinski definition) is 2. The van der Waals surface area contributed by atoms with Gasteiger partial charge in [-0.3, -0.25) is 4.79 Å². The molecule has 1 atom stereocenters. The van der Waals surface area contributed by atoms with Crippen molar-refractivity contribution in [3.8, 4) is 5.75 Å². The fraction of sp³-hybridized carbons (Fsp3) is 0.556. The second-order valence-corrected chi connectivity index (χ2v) is 7.17. The molecule has 128 valence electrons. The Labute approximate surface area is 138 Å². The van der Waals surface area contributed by atoms with Crippen LogP contribution in [0.3, 0.4) is 0 Å². The molecule has 2 N–H and O–H groups in total. The molecule has 0 saturated heterocycles. The third-order valence-corrected chi connectivity index (χ3v) is 3.55. The number of hydrogen-bond acceptors (Lipinski definition) is 3. The van der Waals surface area contributed by atoms with E-state index in [4.69, 9.17) is 9.84 Å². The van der Waals surface area contributed by atoms with E-state index >= 15 is 0 Å². The zero-order chi connectivity index (χ0) is 17.8. The van der Waals surface area contributed by atoms with Gasteiger partial charge in [-0.15, -0.1) is 0 Å². The van der Waals surface area contributed by atoms with E-state index in [-0.39, 0.29) is 17.9 Å². The lowest BCUT2D eigenvalue weighted by molar-refractivity contribution is -0.143. The van der Waals surface area contributed by atoms with Crippen LogP contribution in [0.25, 0.3) is 0 Å². The molecule has 1 amide bonds. The molecule has 1 rings (SSSR count). The second-order valence-electron chi connectivity index (χ2n) is 7.17. The molecule has 5 heteroatoms. The van der Waals surface area contributed by atoms with Crippen molar-refractivity contribution in [1.82, 2.24) is 5.32 Å². The van der Waals surface area contributed by atoms with E-state index in [0.29, 0.717) is 5.75 Å². The van der Waals surface area contributed by atoms with Gasteiger partial charge < -0.3 is 15.2 Å². The van der Waals surface area contributed by atoms with Crippen molar-refractivity contribution in [3.05, 3.63) is 29.3 Å². The van der Waals surface area contributed by atoms with Crippen LogP contribution in [0.15, 0.2) is 18.2 Å². The quantitative estimate of drug-likeness (QED) is 0.845. The maximum atomic E-state index is 12.0. The topological polar surface area (TPSA) is 75.6 Å². The molecule has 0 spiro atoms. The van der Waals surface area contributed by atoms with Gasteiger partial charge in [0.2, 0.25) is 0 Å². The van der Waals surface area contributed by atoms with E-state index in [2.05, 4.69) is 26.1 Å². The molecule has 5 nitrogen and oxygen atoms in total. The molecule has 0 radical (unpaired) electrons. The number of nitrogens with one attached hydrogen (secondary N) is 1. The van der Waals surface area contributed by atoms with Gasteiger partial charge in [-0.1, -0.05) is 46.8 Å². The van der Waals surface area contributed by atoms with Gasteiger partial charge in [0.15, 0.2) is 6.61 Å². The third kappa shape index (κ3) is 5.58. The van der Waals surface area contributed by atoms with Crippen LogP contribution in [0.1, 0.15) is 45.7 Å². The summed E-state index contributed by atoms with van der Waals surface area (Å²) in [5.74, 6) is -1.02. The molecule has 0 aliphatic carbocycles. The first-order valence-corrected chi connectivity index (χ1v) is 7.78. The van der Waals surface area contributed by atoms with E-state index in [1.54, 1.807) is 13.8 Å². The molecular weight excluding hydrogens is 294 g/mol. The highest BCUT2D eigenvalue weighted by molar-refractivity contribution is 5.84. The van der Waals surface area contributed by atoms with Crippen molar-refractivity contribution >= 4 is 11.9 Å². The predicted molar refractivity (Wildman–Crippen MR) is 89.8 cm³/mol. The molecule has 23 heavy (non-hydrogen) atoms. The van der Waals surface area contributed by atoms with Crippen molar-refractivity contribution in [2.75, 3.05) is 6.61 Å². The lowest BCUT2D eigenvalue weighted by Gasteiger charge is -2.23. The maximum Gasteiger partial charge on any atom is 0.326 e. The summed E-state index contributed by atoms with van der Waals surface area (Å²) in [7, 11) is 0. The first-order valence-electron chi connectivity index (χ1n) is 7.78. The molecule has 0 heterocycles. The second kappa shape index (κ2) is 7.49. The highest BCUT2D eigenvalue weighted by Crippen LogP contribution is 2.32. The van der Waals surface area contributed by atoms with Gasteiger partial charge in [0.1, 0.15) is 11.8 Å². The summed E-state index contributed by atoms with van der Waals surface area (Å²) >= 11 is 0. The average molecular weight is 321 g/mol. The van der Waals surface area contributed by atoms with Crippen LogP contribution in [-0.2, 0) is 15.0 Å². The van der Waals surface area contributed by atoms with Gasteiger partial charge in [0, 0.05) is 0 Å². The molecular formula is C18H27NO4. The number of ether oxygens (including phenoxy) is 1. The standard InChI is InChI=1S/C18H27NO4/c1-11(2)16(17(21)22)19-15(20)10-23-14-9-12(3)7-8-13(14)18(4,5)6/h7-9,11,16H,10H2,1-6H3,(H,19,20)(H,21,22)/t16-/m1/s1. The molecule has 0 unspecified atom stereocenters. The minimum atomic E-state index is -1.04. The summed E-state index contributed by atoms with van der Waals surface area (Å²) in [6.45, 7) is 11.5. The Morgan fingerprint density at radius 3 is 2.35 bits per heavy atom. The highest BCUT2D eigenvalue weighted by Gasteiger charge is 2.24. The van der Waals surface area contributed by atoms with Gasteiger partial charge in [0.05, 0.1) is 0 Å². The molecule has 0 bridgehead atoms. The fourth-order valence-corrected chi connectivity index (χ4v) is 2.24. The van der Waals surface area contributed by atoms with Gasteiger partial charge in [-0.2, -0.15) is 0 Å². The number of rotatable bonds is 6. The van der Waals surface area contributed by atoms with Crippen LogP contribution in [0.4, 0.5) is 0 Å². The largest absolute Gasteiger partial charge is 0.483 e. The molecule has 1 aromatic rings. The number of carboxylic acid groups (broad SMARTS) is 1. The van der Waals surface area contributed by atoms with Crippen LogP contribution in [-0.4, -0.2) is 29.6 Å². The highest BCUT2D eigenvalue weighted by atomic mass is 16.5. The molecule has 0 aromatic heterocycles. The zero-order valence-corrected chi connectivity index (χ0v) is 14.8. The van der Waals surface area contributed by atoms with E-state index < -0.39 is 17.9 Å². The number of benzene rings is 1. The summed E-state index contributed by atoms with van der Waals surface area (Å²) in [5, 5.41) is 11.6. The first-order chi connectivity index (χ1) is 10.5. The lowest BCUT2D eigenvalue weighted by Crippen LogP contribution is -2.46. The van der Waals surface area contributed by atoms with Gasteiger partial charge in [0.25, 0.3) is 5.91 Å². The average Bonchev–Trinajstić information content (AvgIpc) is 2.40. The third-order valence-electron chi connectivity index (χ3n) is 3.55. The Kier molecular flexibility index (Phi) is 6.19. The van der Waals surface area contributed by atoms with E-state index in [1.165, 1.54) is 0 Å². The summed E-state index contributed by atoms with van der Waals surface area (Å²) in [4.78, 5) is 23.1. The van der Waals surface area contributed by atoms with E-state index in [1.807, 2.05) is 25.1 Å². The van der Waals surface area contributed by atoms with Crippen LogP contribution in [0.5, 0.6) is 5.75 Å². The smallest absolute Gasteiger partial charge is 0.326 e. The zero-order valence-electron chi connectivity index (χ0n) is 14.8. The van der Waals surface area contributed by atoms with E-state index in [0.717, 1.165) is 11.1 Å². The number of aliphatic carboxylic acids is 1. The van der Waals surface area contributed by atoms with Crippen molar-refractivity contribution in [1.29, 1.82) is 0 Å². The molecule has 0 aliphatic heterocycles. The van der Waals surface area contributed by atoms with Crippen molar-refractivity contribution in [2.45, 2.75) is 53.0 Å². The van der Waals surface area contributed by atoms with Gasteiger partial charge in [-0.05, 0) is 35.4 Å². The van der Waals surface area contributed by atoms with Crippen LogP contribution in [0.2, 0.25) is 0 Å². The minimum Gasteiger partial charge on any atom is -0.483 e. The van der Waals surface area contributed by atoms with Crippen molar-refractivity contribution < 1.29 is 19.4 Å². The fourth-order valence-electron chi connectivity index (χ4n) is 2.24. The van der Waals surface area contributed by atoms with Crippen LogP contribution < -0.4 is 10.1 Å². The number of carbonyl (C=O) groups excluding carboxylic acids is 1. The Morgan fingerprint density at radius 1 is 1.26 bits per heavy atom. The summed E-state index contributed by atoms with van der Waals surface area (Å²) in [6.07, 6.45) is 0. The summed E-state index contributed by atoms with van der Waals surface area (Å²) < 4.78 is 5.66. The summed E-state index contributed by atoms with van der Waals surface area (Å²) in [5.41, 5.74) is 1.94. The number of amides is 1.